The number of aromatic hydroxyl groups is 1. The Hall–Kier alpha value is -2.36. The van der Waals surface area contributed by atoms with Gasteiger partial charge >= 0.3 is 0 Å². The lowest BCUT2D eigenvalue weighted by Gasteiger charge is -2.14. The molecule has 7 nitrogen and oxygen atoms in total. The molecule has 2 heterocycles. The van der Waals surface area contributed by atoms with E-state index in [1.54, 1.807) is 37.3 Å². The SMILES string of the molecule is CCOc1cc(/C=C2\SC(=O)N(Cc3cc4c(cc3Cl)OCO4)C2=O)cc(Br)c1O. The molecular weight excluding hydrogens is 498 g/mol. The van der Waals surface area contributed by atoms with Crippen LogP contribution in [0.3, 0.4) is 0 Å². The number of benzene rings is 2. The van der Waals surface area contributed by atoms with E-state index in [0.29, 0.717) is 38.7 Å². The molecule has 4 rings (SSSR count). The largest absolute Gasteiger partial charge is 0.503 e. The zero-order valence-electron chi connectivity index (χ0n) is 15.6. The van der Waals surface area contributed by atoms with Gasteiger partial charge in [-0.3, -0.25) is 14.5 Å². The van der Waals surface area contributed by atoms with E-state index in [9.17, 15) is 14.7 Å². The summed E-state index contributed by atoms with van der Waals surface area (Å²) in [7, 11) is 0. The lowest BCUT2D eigenvalue weighted by Crippen LogP contribution is -2.27. The minimum Gasteiger partial charge on any atom is -0.503 e. The topological polar surface area (TPSA) is 85.3 Å². The first kappa shape index (κ1) is 20.9. The minimum atomic E-state index is -0.430. The maximum absolute atomic E-state index is 12.9. The number of phenols is 1. The zero-order valence-corrected chi connectivity index (χ0v) is 18.8. The van der Waals surface area contributed by atoms with E-state index in [1.165, 1.54) is 0 Å². The number of imide groups is 1. The molecule has 0 unspecified atom stereocenters. The summed E-state index contributed by atoms with van der Waals surface area (Å²) in [4.78, 5) is 26.7. The highest BCUT2D eigenvalue weighted by molar-refractivity contribution is 9.10. The van der Waals surface area contributed by atoms with Crippen molar-refractivity contribution in [2.45, 2.75) is 13.5 Å². The summed E-state index contributed by atoms with van der Waals surface area (Å²) in [6.45, 7) is 2.29. The molecule has 2 aromatic carbocycles. The highest BCUT2D eigenvalue weighted by atomic mass is 79.9. The molecule has 2 amide bonds. The summed E-state index contributed by atoms with van der Waals surface area (Å²) in [6, 6.07) is 6.52. The van der Waals surface area contributed by atoms with Crippen molar-refractivity contribution in [1.82, 2.24) is 4.90 Å². The Kier molecular flexibility index (Phi) is 5.86. The second-order valence-electron chi connectivity index (χ2n) is 6.35. The number of amides is 2. The maximum atomic E-state index is 12.9. The average molecular weight is 513 g/mol. The second-order valence-corrected chi connectivity index (χ2v) is 8.60. The van der Waals surface area contributed by atoms with Crippen LogP contribution in [0.5, 0.6) is 23.0 Å². The fourth-order valence-corrected chi connectivity index (χ4v) is 4.49. The Balaban J connectivity index is 1.59. The summed E-state index contributed by atoms with van der Waals surface area (Å²) in [5, 5.41) is 10.0. The Labute approximate surface area is 189 Å². The van der Waals surface area contributed by atoms with Crippen molar-refractivity contribution in [1.29, 1.82) is 0 Å². The molecule has 2 aliphatic heterocycles. The Morgan fingerprint density at radius 1 is 1.27 bits per heavy atom. The highest BCUT2D eigenvalue weighted by Crippen LogP contribution is 2.40. The quantitative estimate of drug-likeness (QED) is 0.553. The van der Waals surface area contributed by atoms with Gasteiger partial charge in [-0.15, -0.1) is 0 Å². The molecule has 0 aliphatic carbocycles. The van der Waals surface area contributed by atoms with Crippen molar-refractivity contribution in [3.63, 3.8) is 0 Å². The van der Waals surface area contributed by atoms with Gasteiger partial charge in [0.1, 0.15) is 0 Å². The molecule has 0 radical (unpaired) electrons. The summed E-state index contributed by atoms with van der Waals surface area (Å²) < 4.78 is 16.4. The van der Waals surface area contributed by atoms with Crippen LogP contribution in [-0.4, -0.2) is 34.6 Å². The van der Waals surface area contributed by atoms with E-state index in [1.807, 2.05) is 0 Å². The number of carbonyl (C=O) groups is 2. The normalized spacial score (nSPS) is 16.6. The lowest BCUT2D eigenvalue weighted by molar-refractivity contribution is -0.123. The summed E-state index contributed by atoms with van der Waals surface area (Å²) >= 11 is 10.4. The summed E-state index contributed by atoms with van der Waals surface area (Å²) in [6.07, 6.45) is 1.58. The van der Waals surface area contributed by atoms with Gasteiger partial charge in [-0.25, -0.2) is 0 Å². The summed E-state index contributed by atoms with van der Waals surface area (Å²) in [5.74, 6) is 0.875. The van der Waals surface area contributed by atoms with E-state index >= 15 is 0 Å². The Bertz CT molecular complexity index is 1090. The smallest absolute Gasteiger partial charge is 0.293 e. The van der Waals surface area contributed by atoms with Crippen LogP contribution >= 0.6 is 39.3 Å². The molecule has 1 saturated heterocycles. The first-order valence-electron chi connectivity index (χ1n) is 8.86. The number of halogens is 2. The molecule has 0 aromatic heterocycles. The number of phenolic OH excluding ortho intramolecular Hbond substituents is 1. The van der Waals surface area contributed by atoms with Crippen LogP contribution < -0.4 is 14.2 Å². The average Bonchev–Trinajstić information content (AvgIpc) is 3.25. The molecule has 0 spiro atoms. The maximum Gasteiger partial charge on any atom is 0.293 e. The van der Waals surface area contributed by atoms with E-state index < -0.39 is 11.1 Å². The van der Waals surface area contributed by atoms with Crippen molar-refractivity contribution in [2.24, 2.45) is 0 Å². The Morgan fingerprint density at radius 2 is 2.00 bits per heavy atom. The van der Waals surface area contributed by atoms with Crippen molar-refractivity contribution in [3.05, 3.63) is 49.8 Å². The number of carbonyl (C=O) groups excluding carboxylic acids is 2. The third kappa shape index (κ3) is 3.97. The number of rotatable bonds is 5. The van der Waals surface area contributed by atoms with Crippen molar-refractivity contribution in [2.75, 3.05) is 13.4 Å². The van der Waals surface area contributed by atoms with Crippen LogP contribution in [0.2, 0.25) is 5.02 Å². The number of nitrogens with zero attached hydrogens (tertiary/aromatic N) is 1. The highest BCUT2D eigenvalue weighted by Gasteiger charge is 2.35. The molecule has 156 valence electrons. The van der Waals surface area contributed by atoms with Crippen LogP contribution in [0, 0.1) is 0 Å². The third-order valence-corrected chi connectivity index (χ3v) is 6.26. The molecule has 2 aromatic rings. The molecular formula is C20H15BrClNO6S. The molecule has 0 atom stereocenters. The predicted octanol–water partition coefficient (Wildman–Crippen LogP) is 5.17. The van der Waals surface area contributed by atoms with Gasteiger partial charge in [0, 0.05) is 11.1 Å². The van der Waals surface area contributed by atoms with Crippen molar-refractivity contribution < 1.29 is 28.9 Å². The van der Waals surface area contributed by atoms with Gasteiger partial charge in [0.05, 0.1) is 22.5 Å². The molecule has 10 heteroatoms. The van der Waals surface area contributed by atoms with Gasteiger partial charge in [0.2, 0.25) is 6.79 Å². The van der Waals surface area contributed by atoms with Crippen molar-refractivity contribution >= 4 is 56.5 Å². The first-order chi connectivity index (χ1) is 14.4. The first-order valence-corrected chi connectivity index (χ1v) is 10.8. The monoisotopic (exact) mass is 511 g/mol. The fraction of sp³-hybridized carbons (Fsp3) is 0.200. The van der Waals surface area contributed by atoms with Gasteiger partial charge in [0.25, 0.3) is 11.1 Å². The lowest BCUT2D eigenvalue weighted by atomic mass is 10.1. The number of hydrogen-bond donors (Lipinski definition) is 1. The minimum absolute atomic E-state index is 0.0148. The van der Waals surface area contributed by atoms with Crippen LogP contribution in [-0.2, 0) is 11.3 Å². The number of ether oxygens (including phenoxy) is 3. The fourth-order valence-electron chi connectivity index (χ4n) is 2.98. The number of hydrogen-bond acceptors (Lipinski definition) is 7. The van der Waals surface area contributed by atoms with Gasteiger partial charge in [0.15, 0.2) is 23.0 Å². The molecule has 1 N–H and O–H groups in total. The van der Waals surface area contributed by atoms with Gasteiger partial charge < -0.3 is 19.3 Å². The molecule has 2 aliphatic rings. The summed E-state index contributed by atoms with van der Waals surface area (Å²) in [5.41, 5.74) is 1.19. The second kappa shape index (κ2) is 8.41. The van der Waals surface area contributed by atoms with Gasteiger partial charge in [-0.1, -0.05) is 11.6 Å². The third-order valence-electron chi connectivity index (χ3n) is 4.39. The number of fused-ring (bicyclic) bond motifs is 1. The molecule has 1 fully saturated rings. The molecule has 0 bridgehead atoms. The van der Waals surface area contributed by atoms with E-state index in [4.69, 9.17) is 25.8 Å². The zero-order chi connectivity index (χ0) is 21.4. The van der Waals surface area contributed by atoms with Crippen LogP contribution in [0.15, 0.2) is 33.6 Å². The Morgan fingerprint density at radius 3 is 2.73 bits per heavy atom. The van der Waals surface area contributed by atoms with E-state index in [-0.39, 0.29) is 29.7 Å². The molecule has 30 heavy (non-hydrogen) atoms. The van der Waals surface area contributed by atoms with Crippen LogP contribution in [0.1, 0.15) is 18.1 Å². The van der Waals surface area contributed by atoms with E-state index in [0.717, 1.165) is 16.7 Å². The van der Waals surface area contributed by atoms with Crippen molar-refractivity contribution in [3.8, 4) is 23.0 Å². The van der Waals surface area contributed by atoms with Gasteiger partial charge in [-0.2, -0.15) is 0 Å². The predicted molar refractivity (Wildman–Crippen MR) is 116 cm³/mol. The molecule has 0 saturated carbocycles. The van der Waals surface area contributed by atoms with Crippen LogP contribution in [0.25, 0.3) is 6.08 Å². The van der Waals surface area contributed by atoms with E-state index in [2.05, 4.69) is 15.9 Å². The number of thioether (sulfide) groups is 1. The van der Waals surface area contributed by atoms with Crippen LogP contribution in [0.4, 0.5) is 4.79 Å². The standard InChI is InChI=1S/C20H15BrClNO6S/c1-2-27-16-4-10(3-12(21)18(16)24)5-17-19(25)23(20(26)30-17)8-11-6-14-15(7-13(11)22)29-9-28-14/h3-7,24H,2,8-9H2,1H3/b17-5-. The van der Waals surface area contributed by atoms with Gasteiger partial charge in [-0.05, 0) is 70.0 Å².